The molecule has 0 atom stereocenters. The lowest BCUT2D eigenvalue weighted by atomic mass is 10.4. The largest absolute Gasteiger partial charge is 0.385 e. The summed E-state index contributed by atoms with van der Waals surface area (Å²) >= 11 is 5.63. The van der Waals surface area contributed by atoms with Gasteiger partial charge in [-0.3, -0.25) is 0 Å². The van der Waals surface area contributed by atoms with Crippen molar-refractivity contribution >= 4 is 17.4 Å². The van der Waals surface area contributed by atoms with E-state index in [1.807, 2.05) is 18.0 Å². The Morgan fingerprint density at radius 2 is 2.21 bits per heavy atom. The quantitative estimate of drug-likeness (QED) is 0.700. The van der Waals surface area contributed by atoms with Crippen molar-refractivity contribution in [2.75, 3.05) is 32.2 Å². The molecule has 1 rings (SSSR count). The number of rotatable bonds is 5. The van der Waals surface area contributed by atoms with Crippen LogP contribution in [0.15, 0.2) is 12.1 Å². The summed E-state index contributed by atoms with van der Waals surface area (Å²) in [4.78, 5) is 2.02. The Morgan fingerprint density at radius 3 is 2.79 bits per heavy atom. The van der Waals surface area contributed by atoms with E-state index in [-0.39, 0.29) is 0 Å². The van der Waals surface area contributed by atoms with Gasteiger partial charge in [-0.2, -0.15) is 0 Å². The zero-order valence-corrected chi connectivity index (χ0v) is 9.16. The number of anilines is 1. The Hall–Kier alpha value is -0.870. The second-order valence-corrected chi connectivity index (χ2v) is 3.37. The van der Waals surface area contributed by atoms with Crippen LogP contribution in [0.1, 0.15) is 6.42 Å². The number of aromatic nitrogens is 2. The summed E-state index contributed by atoms with van der Waals surface area (Å²) in [5.41, 5.74) is 0. The summed E-state index contributed by atoms with van der Waals surface area (Å²) in [5.74, 6) is 0.825. The first-order valence-corrected chi connectivity index (χ1v) is 4.81. The van der Waals surface area contributed by atoms with E-state index in [9.17, 15) is 0 Å². The summed E-state index contributed by atoms with van der Waals surface area (Å²) in [6, 6.07) is 3.58. The fraction of sp³-hybridized carbons (Fsp3) is 0.556. The lowest BCUT2D eigenvalue weighted by molar-refractivity contribution is 0.196. The average molecular weight is 216 g/mol. The van der Waals surface area contributed by atoms with Crippen LogP contribution in [0, 0.1) is 0 Å². The van der Waals surface area contributed by atoms with Crippen molar-refractivity contribution in [3.05, 3.63) is 17.3 Å². The van der Waals surface area contributed by atoms with Gasteiger partial charge in [0.1, 0.15) is 0 Å². The third-order valence-electron chi connectivity index (χ3n) is 1.85. The number of methoxy groups -OCH3 is 1. The number of halogens is 1. The third kappa shape index (κ3) is 3.47. The van der Waals surface area contributed by atoms with E-state index in [0.717, 1.165) is 25.4 Å². The lowest BCUT2D eigenvalue weighted by Crippen LogP contribution is -2.21. The molecule has 0 aliphatic heterocycles. The standard InChI is InChI=1S/C9H14ClN3O/c1-13(6-3-7-14-2)9-5-4-8(10)11-12-9/h4-5H,3,6-7H2,1-2H3. The molecule has 5 heteroatoms. The molecular formula is C9H14ClN3O. The topological polar surface area (TPSA) is 38.2 Å². The van der Waals surface area contributed by atoms with Crippen molar-refractivity contribution in [2.45, 2.75) is 6.42 Å². The molecule has 0 amide bonds. The molecule has 0 N–H and O–H groups in total. The summed E-state index contributed by atoms with van der Waals surface area (Å²) in [5, 5.41) is 8.15. The zero-order chi connectivity index (χ0) is 10.4. The maximum atomic E-state index is 5.63. The first kappa shape index (κ1) is 11.2. The molecule has 0 aromatic carbocycles. The Kier molecular flexibility index (Phi) is 4.62. The fourth-order valence-corrected chi connectivity index (χ4v) is 1.17. The molecule has 0 fully saturated rings. The highest BCUT2D eigenvalue weighted by Gasteiger charge is 2.01. The van der Waals surface area contributed by atoms with Gasteiger partial charge in [-0.1, -0.05) is 11.6 Å². The molecule has 4 nitrogen and oxygen atoms in total. The van der Waals surface area contributed by atoms with E-state index >= 15 is 0 Å². The minimum absolute atomic E-state index is 0.416. The maximum absolute atomic E-state index is 5.63. The van der Waals surface area contributed by atoms with Crippen LogP contribution in [0.5, 0.6) is 0 Å². The molecule has 0 saturated carbocycles. The van der Waals surface area contributed by atoms with Gasteiger partial charge >= 0.3 is 0 Å². The maximum Gasteiger partial charge on any atom is 0.151 e. The molecule has 1 aromatic rings. The Bertz CT molecular complexity index is 265. The highest BCUT2D eigenvalue weighted by Crippen LogP contribution is 2.10. The van der Waals surface area contributed by atoms with Gasteiger partial charge in [0.25, 0.3) is 0 Å². The van der Waals surface area contributed by atoms with Crippen LogP contribution in [0.25, 0.3) is 0 Å². The lowest BCUT2D eigenvalue weighted by Gasteiger charge is -2.16. The van der Waals surface area contributed by atoms with Crippen LogP contribution in [-0.4, -0.2) is 37.5 Å². The zero-order valence-electron chi connectivity index (χ0n) is 8.40. The molecule has 0 spiro atoms. The first-order chi connectivity index (χ1) is 6.74. The molecule has 14 heavy (non-hydrogen) atoms. The van der Waals surface area contributed by atoms with E-state index in [4.69, 9.17) is 16.3 Å². The van der Waals surface area contributed by atoms with Gasteiger partial charge in [-0.25, -0.2) is 0 Å². The number of hydrogen-bond acceptors (Lipinski definition) is 4. The van der Waals surface area contributed by atoms with Crippen LogP contribution in [0.2, 0.25) is 5.15 Å². The molecule has 1 aromatic heterocycles. The Balaban J connectivity index is 2.43. The van der Waals surface area contributed by atoms with Crippen LogP contribution in [0.3, 0.4) is 0 Å². The summed E-state index contributed by atoms with van der Waals surface area (Å²) in [6.45, 7) is 1.65. The predicted molar refractivity (Wildman–Crippen MR) is 56.8 cm³/mol. The van der Waals surface area contributed by atoms with Gasteiger partial charge in [0, 0.05) is 27.3 Å². The van der Waals surface area contributed by atoms with Crippen LogP contribution >= 0.6 is 11.6 Å². The molecular weight excluding hydrogens is 202 g/mol. The fourth-order valence-electron chi connectivity index (χ4n) is 1.07. The molecule has 0 radical (unpaired) electrons. The van der Waals surface area contributed by atoms with E-state index < -0.39 is 0 Å². The van der Waals surface area contributed by atoms with Crippen molar-refractivity contribution in [3.8, 4) is 0 Å². The molecule has 0 saturated heterocycles. The molecule has 1 heterocycles. The van der Waals surface area contributed by atoms with Gasteiger partial charge in [0.15, 0.2) is 11.0 Å². The van der Waals surface area contributed by atoms with Crippen molar-refractivity contribution in [3.63, 3.8) is 0 Å². The minimum atomic E-state index is 0.416. The monoisotopic (exact) mass is 215 g/mol. The van der Waals surface area contributed by atoms with E-state index in [1.165, 1.54) is 0 Å². The van der Waals surface area contributed by atoms with Crippen molar-refractivity contribution in [1.82, 2.24) is 10.2 Å². The summed E-state index contributed by atoms with van der Waals surface area (Å²) in [6.07, 6.45) is 0.970. The van der Waals surface area contributed by atoms with Gasteiger partial charge in [0.05, 0.1) is 0 Å². The van der Waals surface area contributed by atoms with Crippen LogP contribution < -0.4 is 4.90 Å². The highest BCUT2D eigenvalue weighted by atomic mass is 35.5. The summed E-state index contributed by atoms with van der Waals surface area (Å²) < 4.78 is 4.96. The Labute approximate surface area is 88.8 Å². The number of nitrogens with zero attached hydrogens (tertiary/aromatic N) is 3. The van der Waals surface area contributed by atoms with Crippen molar-refractivity contribution < 1.29 is 4.74 Å². The van der Waals surface area contributed by atoms with Gasteiger partial charge in [-0.05, 0) is 18.6 Å². The van der Waals surface area contributed by atoms with E-state index in [0.29, 0.717) is 5.15 Å². The van der Waals surface area contributed by atoms with Crippen molar-refractivity contribution in [1.29, 1.82) is 0 Å². The smallest absolute Gasteiger partial charge is 0.151 e. The summed E-state index contributed by atoms with van der Waals surface area (Å²) in [7, 11) is 3.66. The third-order valence-corrected chi connectivity index (χ3v) is 2.05. The van der Waals surface area contributed by atoms with Gasteiger partial charge < -0.3 is 9.64 Å². The molecule has 0 aliphatic carbocycles. The van der Waals surface area contributed by atoms with E-state index in [2.05, 4.69) is 10.2 Å². The molecule has 78 valence electrons. The SMILES string of the molecule is COCCCN(C)c1ccc(Cl)nn1. The minimum Gasteiger partial charge on any atom is -0.385 e. The number of hydrogen-bond donors (Lipinski definition) is 0. The second kappa shape index (κ2) is 5.78. The number of ether oxygens (including phenoxy) is 1. The highest BCUT2D eigenvalue weighted by molar-refractivity contribution is 6.29. The van der Waals surface area contributed by atoms with E-state index in [1.54, 1.807) is 13.2 Å². The van der Waals surface area contributed by atoms with Crippen molar-refractivity contribution in [2.24, 2.45) is 0 Å². The first-order valence-electron chi connectivity index (χ1n) is 4.43. The second-order valence-electron chi connectivity index (χ2n) is 2.98. The molecule has 0 bridgehead atoms. The Morgan fingerprint density at radius 1 is 1.43 bits per heavy atom. The normalized spacial score (nSPS) is 10.2. The van der Waals surface area contributed by atoms with Crippen LogP contribution in [0.4, 0.5) is 5.82 Å². The van der Waals surface area contributed by atoms with Gasteiger partial charge in [0.2, 0.25) is 0 Å². The van der Waals surface area contributed by atoms with Crippen LogP contribution in [-0.2, 0) is 4.74 Å². The molecule has 0 aliphatic rings. The predicted octanol–water partition coefficient (Wildman–Crippen LogP) is 1.60. The average Bonchev–Trinajstić information content (AvgIpc) is 2.19. The molecule has 0 unspecified atom stereocenters. The van der Waals surface area contributed by atoms with Gasteiger partial charge in [-0.15, -0.1) is 10.2 Å².